The SMILES string of the molecule is C[C@H](C(=O)NC(N)=O)N1CC[C@H](CNc2ncccc2C#N)C1. The van der Waals surface area contributed by atoms with Crippen LogP contribution in [0.15, 0.2) is 18.3 Å². The number of likely N-dealkylation sites (tertiary alicyclic amines) is 1. The summed E-state index contributed by atoms with van der Waals surface area (Å²) >= 11 is 0. The van der Waals surface area contributed by atoms with Crippen LogP contribution in [0.25, 0.3) is 0 Å². The maximum atomic E-state index is 11.8. The molecule has 0 saturated carbocycles. The number of nitrogens with zero attached hydrogens (tertiary/aromatic N) is 3. The first-order valence-corrected chi connectivity index (χ1v) is 7.44. The number of hydrogen-bond donors (Lipinski definition) is 3. The highest BCUT2D eigenvalue weighted by atomic mass is 16.2. The minimum absolute atomic E-state index is 0.340. The van der Waals surface area contributed by atoms with Gasteiger partial charge in [0, 0.05) is 19.3 Å². The second-order valence-electron chi connectivity index (χ2n) is 5.57. The summed E-state index contributed by atoms with van der Waals surface area (Å²) in [6, 6.07) is 4.30. The summed E-state index contributed by atoms with van der Waals surface area (Å²) in [4.78, 5) is 28.7. The molecule has 0 spiro atoms. The fourth-order valence-corrected chi connectivity index (χ4v) is 2.65. The van der Waals surface area contributed by atoms with Crippen LogP contribution >= 0.6 is 0 Å². The van der Waals surface area contributed by atoms with Gasteiger partial charge in [0.05, 0.1) is 11.6 Å². The maximum Gasteiger partial charge on any atom is 0.318 e. The van der Waals surface area contributed by atoms with Crippen molar-refractivity contribution < 1.29 is 9.59 Å². The van der Waals surface area contributed by atoms with Crippen LogP contribution in [0.5, 0.6) is 0 Å². The lowest BCUT2D eigenvalue weighted by Crippen LogP contribution is -2.47. The van der Waals surface area contributed by atoms with Gasteiger partial charge >= 0.3 is 6.03 Å². The molecule has 8 heteroatoms. The van der Waals surface area contributed by atoms with Gasteiger partial charge < -0.3 is 11.1 Å². The molecule has 1 aliphatic heterocycles. The zero-order valence-electron chi connectivity index (χ0n) is 13.0. The topological polar surface area (TPSA) is 124 Å². The number of carbonyl (C=O) groups excluding carboxylic acids is 2. The third-order valence-electron chi connectivity index (χ3n) is 3.98. The summed E-state index contributed by atoms with van der Waals surface area (Å²) < 4.78 is 0. The molecule has 3 amide bonds. The standard InChI is InChI=1S/C15H20N6O2/c1-10(14(22)20-15(17)23)21-6-4-11(9-21)8-19-13-12(7-16)3-2-5-18-13/h2-3,5,10-11H,4,6,8-9H2,1H3,(H,18,19)(H3,17,20,22,23)/t10-,11-/m1/s1. The molecule has 23 heavy (non-hydrogen) atoms. The molecule has 1 aliphatic rings. The van der Waals surface area contributed by atoms with E-state index in [1.54, 1.807) is 25.3 Å². The Kier molecular flexibility index (Phi) is 5.49. The number of hydrogen-bond acceptors (Lipinski definition) is 6. The van der Waals surface area contributed by atoms with Crippen molar-refractivity contribution in [2.24, 2.45) is 11.7 Å². The quantitative estimate of drug-likeness (QED) is 0.716. The van der Waals surface area contributed by atoms with E-state index >= 15 is 0 Å². The zero-order chi connectivity index (χ0) is 16.8. The molecule has 2 rings (SSSR count). The molecule has 1 aromatic rings. The fourth-order valence-electron chi connectivity index (χ4n) is 2.65. The predicted molar refractivity (Wildman–Crippen MR) is 84.3 cm³/mol. The van der Waals surface area contributed by atoms with Crippen LogP contribution in [-0.4, -0.2) is 47.5 Å². The first kappa shape index (κ1) is 16.7. The summed E-state index contributed by atoms with van der Waals surface area (Å²) in [5.74, 6) is 0.531. The van der Waals surface area contributed by atoms with Crippen molar-refractivity contribution >= 4 is 17.8 Å². The Morgan fingerprint density at radius 1 is 1.61 bits per heavy atom. The number of urea groups is 1. The lowest BCUT2D eigenvalue weighted by Gasteiger charge is -2.22. The molecule has 2 atom stereocenters. The van der Waals surface area contributed by atoms with Crippen LogP contribution in [0, 0.1) is 17.2 Å². The van der Waals surface area contributed by atoms with Crippen molar-refractivity contribution in [2.45, 2.75) is 19.4 Å². The molecule has 0 radical (unpaired) electrons. The number of rotatable bonds is 5. The Labute approximate surface area is 134 Å². The second kappa shape index (κ2) is 7.56. The average Bonchev–Trinajstić information content (AvgIpc) is 3.00. The number of imide groups is 1. The van der Waals surface area contributed by atoms with Gasteiger partial charge in [0.15, 0.2) is 0 Å². The summed E-state index contributed by atoms with van der Waals surface area (Å²) in [5.41, 5.74) is 5.47. The Bertz CT molecular complexity index is 627. The number of amides is 3. The second-order valence-corrected chi connectivity index (χ2v) is 5.57. The van der Waals surface area contributed by atoms with Gasteiger partial charge in [-0.3, -0.25) is 15.0 Å². The van der Waals surface area contributed by atoms with Gasteiger partial charge in [-0.05, 0) is 37.9 Å². The molecule has 8 nitrogen and oxygen atoms in total. The largest absolute Gasteiger partial charge is 0.369 e. The van der Waals surface area contributed by atoms with Crippen molar-refractivity contribution in [2.75, 3.05) is 25.0 Å². The lowest BCUT2D eigenvalue weighted by atomic mass is 10.1. The van der Waals surface area contributed by atoms with Gasteiger partial charge in [0.2, 0.25) is 5.91 Å². The molecular formula is C15H20N6O2. The third-order valence-corrected chi connectivity index (χ3v) is 3.98. The minimum Gasteiger partial charge on any atom is -0.369 e. The van der Waals surface area contributed by atoms with Crippen LogP contribution in [0.2, 0.25) is 0 Å². The van der Waals surface area contributed by atoms with Gasteiger partial charge in [-0.2, -0.15) is 5.26 Å². The molecule has 0 aliphatic carbocycles. The number of primary amides is 1. The van der Waals surface area contributed by atoms with Crippen molar-refractivity contribution in [3.8, 4) is 6.07 Å². The van der Waals surface area contributed by atoms with Gasteiger partial charge in [-0.1, -0.05) is 0 Å². The van der Waals surface area contributed by atoms with Crippen molar-refractivity contribution in [1.82, 2.24) is 15.2 Å². The predicted octanol–water partition coefficient (Wildman–Crippen LogP) is 0.270. The van der Waals surface area contributed by atoms with Gasteiger partial charge in [0.25, 0.3) is 0 Å². The molecule has 1 saturated heterocycles. The molecule has 2 heterocycles. The van der Waals surface area contributed by atoms with Gasteiger partial charge in [0.1, 0.15) is 11.9 Å². The number of aromatic nitrogens is 1. The molecule has 1 aromatic heterocycles. The highest BCUT2D eigenvalue weighted by molar-refractivity contribution is 5.96. The number of nitrogens with one attached hydrogen (secondary N) is 2. The molecule has 122 valence electrons. The highest BCUT2D eigenvalue weighted by Gasteiger charge is 2.30. The number of carbonyl (C=O) groups is 2. The van der Waals surface area contributed by atoms with Crippen molar-refractivity contribution in [3.63, 3.8) is 0 Å². The Morgan fingerprint density at radius 3 is 3.09 bits per heavy atom. The van der Waals surface area contributed by atoms with E-state index in [0.717, 1.165) is 19.5 Å². The Morgan fingerprint density at radius 2 is 2.39 bits per heavy atom. The average molecular weight is 316 g/mol. The smallest absolute Gasteiger partial charge is 0.318 e. The van der Waals surface area contributed by atoms with E-state index in [9.17, 15) is 9.59 Å². The first-order chi connectivity index (χ1) is 11.0. The van der Waals surface area contributed by atoms with Crippen molar-refractivity contribution in [1.29, 1.82) is 5.26 Å². The van der Waals surface area contributed by atoms with E-state index in [1.165, 1.54) is 0 Å². The number of pyridine rings is 1. The lowest BCUT2D eigenvalue weighted by molar-refractivity contribution is -0.124. The van der Waals surface area contributed by atoms with Crippen LogP contribution < -0.4 is 16.4 Å². The van der Waals surface area contributed by atoms with Crippen LogP contribution in [-0.2, 0) is 4.79 Å². The van der Waals surface area contributed by atoms with Gasteiger partial charge in [-0.15, -0.1) is 0 Å². The number of anilines is 1. The summed E-state index contributed by atoms with van der Waals surface area (Å²) in [5, 5.41) is 14.3. The first-order valence-electron chi connectivity index (χ1n) is 7.44. The van der Waals surface area contributed by atoms with Crippen LogP contribution in [0.1, 0.15) is 18.9 Å². The van der Waals surface area contributed by atoms with E-state index in [1.807, 2.05) is 4.90 Å². The third kappa shape index (κ3) is 4.40. The van der Waals surface area contributed by atoms with E-state index in [-0.39, 0.29) is 5.91 Å². The van der Waals surface area contributed by atoms with Crippen molar-refractivity contribution in [3.05, 3.63) is 23.9 Å². The number of nitrogens with two attached hydrogens (primary N) is 1. The molecule has 1 fully saturated rings. The summed E-state index contributed by atoms with van der Waals surface area (Å²) in [6.07, 6.45) is 2.57. The van der Waals surface area contributed by atoms with E-state index in [2.05, 4.69) is 21.7 Å². The molecule has 0 unspecified atom stereocenters. The Hall–Kier alpha value is -2.66. The zero-order valence-corrected chi connectivity index (χ0v) is 13.0. The molecule has 0 bridgehead atoms. The fraction of sp³-hybridized carbons (Fsp3) is 0.467. The summed E-state index contributed by atoms with van der Waals surface area (Å²) in [7, 11) is 0. The molecular weight excluding hydrogens is 296 g/mol. The maximum absolute atomic E-state index is 11.8. The minimum atomic E-state index is -0.835. The number of nitriles is 1. The van der Waals surface area contributed by atoms with E-state index < -0.39 is 12.1 Å². The van der Waals surface area contributed by atoms with Crippen LogP contribution in [0.4, 0.5) is 10.6 Å². The van der Waals surface area contributed by atoms with Crippen LogP contribution in [0.3, 0.4) is 0 Å². The Balaban J connectivity index is 1.85. The molecule has 0 aromatic carbocycles. The monoisotopic (exact) mass is 316 g/mol. The van der Waals surface area contributed by atoms with E-state index in [0.29, 0.717) is 23.8 Å². The highest BCUT2D eigenvalue weighted by Crippen LogP contribution is 2.20. The molecule has 4 N–H and O–H groups in total. The van der Waals surface area contributed by atoms with Gasteiger partial charge in [-0.25, -0.2) is 9.78 Å². The summed E-state index contributed by atoms with van der Waals surface area (Å²) in [6.45, 7) is 3.93. The van der Waals surface area contributed by atoms with E-state index in [4.69, 9.17) is 11.0 Å². The normalized spacial score (nSPS) is 18.9.